The van der Waals surface area contributed by atoms with Gasteiger partial charge in [-0.25, -0.2) is 9.98 Å². The molecule has 0 amide bonds. The summed E-state index contributed by atoms with van der Waals surface area (Å²) in [5, 5.41) is 7.75. The van der Waals surface area contributed by atoms with E-state index in [0.29, 0.717) is 37.0 Å². The van der Waals surface area contributed by atoms with Crippen LogP contribution in [0.4, 0.5) is 13.2 Å². The van der Waals surface area contributed by atoms with Gasteiger partial charge in [-0.1, -0.05) is 29.8 Å². The van der Waals surface area contributed by atoms with Crippen molar-refractivity contribution in [3.63, 3.8) is 0 Å². The summed E-state index contributed by atoms with van der Waals surface area (Å²) in [7, 11) is 0. The van der Waals surface area contributed by atoms with Crippen molar-refractivity contribution >= 4 is 41.3 Å². The first-order chi connectivity index (χ1) is 11.9. The molecule has 0 bridgehead atoms. The van der Waals surface area contributed by atoms with Crippen LogP contribution < -0.4 is 10.6 Å². The third-order valence-corrected chi connectivity index (χ3v) is 4.23. The van der Waals surface area contributed by atoms with E-state index in [1.165, 1.54) is 5.56 Å². The summed E-state index contributed by atoms with van der Waals surface area (Å²) < 4.78 is 37.6. The zero-order valence-electron chi connectivity index (χ0n) is 14.6. The number of aliphatic imine (C=N–C) groups is 1. The molecule has 0 unspecified atom stereocenters. The van der Waals surface area contributed by atoms with Crippen molar-refractivity contribution < 1.29 is 13.2 Å². The Bertz CT molecular complexity index is 716. The van der Waals surface area contributed by atoms with E-state index in [9.17, 15) is 13.2 Å². The lowest BCUT2D eigenvalue weighted by atomic mass is 10.1. The second-order valence-corrected chi connectivity index (χ2v) is 6.43. The van der Waals surface area contributed by atoms with Crippen LogP contribution in [0.15, 0.2) is 34.6 Å². The molecule has 0 atom stereocenters. The number of nitrogens with zero attached hydrogens (tertiary/aromatic N) is 2. The zero-order valence-corrected chi connectivity index (χ0v) is 17.7. The van der Waals surface area contributed by atoms with Crippen LogP contribution in [0.3, 0.4) is 0 Å². The fourth-order valence-electron chi connectivity index (χ4n) is 2.17. The molecule has 9 heteroatoms. The van der Waals surface area contributed by atoms with Crippen LogP contribution in [0.25, 0.3) is 0 Å². The first kappa shape index (κ1) is 22.7. The monoisotopic (exact) mass is 498 g/mol. The van der Waals surface area contributed by atoms with Crippen LogP contribution in [0.5, 0.6) is 0 Å². The molecule has 2 rings (SSSR count). The van der Waals surface area contributed by atoms with Gasteiger partial charge in [0.15, 0.2) is 11.7 Å². The van der Waals surface area contributed by atoms with Crippen molar-refractivity contribution in [2.45, 2.75) is 33.0 Å². The predicted molar refractivity (Wildman–Crippen MR) is 110 cm³/mol. The normalized spacial score (nSPS) is 11.8. The highest BCUT2D eigenvalue weighted by molar-refractivity contribution is 14.0. The van der Waals surface area contributed by atoms with Gasteiger partial charge < -0.3 is 10.6 Å². The topological polar surface area (TPSA) is 49.3 Å². The van der Waals surface area contributed by atoms with E-state index in [2.05, 4.69) is 26.7 Å². The molecule has 144 valence electrons. The molecule has 0 aliphatic carbocycles. The maximum atomic E-state index is 12.5. The molecule has 2 N–H and O–H groups in total. The number of benzene rings is 1. The molecule has 1 aromatic carbocycles. The van der Waals surface area contributed by atoms with Gasteiger partial charge in [0.25, 0.3) is 0 Å². The number of hydrogen-bond donors (Lipinski definition) is 2. The molecule has 26 heavy (non-hydrogen) atoms. The van der Waals surface area contributed by atoms with E-state index in [1.54, 1.807) is 0 Å². The van der Waals surface area contributed by atoms with Crippen LogP contribution in [-0.4, -0.2) is 24.0 Å². The maximum Gasteiger partial charge on any atom is 0.434 e. The number of thiazole rings is 1. The number of nitrogens with one attached hydrogen (secondary N) is 2. The molecule has 4 nitrogen and oxygen atoms in total. The van der Waals surface area contributed by atoms with Crippen LogP contribution in [0.2, 0.25) is 0 Å². The quantitative estimate of drug-likeness (QED) is 0.353. The van der Waals surface area contributed by atoms with Gasteiger partial charge in [-0.3, -0.25) is 0 Å². The Kier molecular flexibility index (Phi) is 9.34. The molecule has 0 saturated heterocycles. The summed E-state index contributed by atoms with van der Waals surface area (Å²) in [6.07, 6.45) is -3.97. The second kappa shape index (κ2) is 10.7. The molecule has 1 aromatic heterocycles. The summed E-state index contributed by atoms with van der Waals surface area (Å²) >= 11 is 1.02. The fraction of sp³-hybridized carbons (Fsp3) is 0.412. The lowest BCUT2D eigenvalue weighted by Crippen LogP contribution is -2.38. The Labute approximate surface area is 172 Å². The highest BCUT2D eigenvalue weighted by Gasteiger charge is 2.33. The smallest absolute Gasteiger partial charge is 0.357 e. The van der Waals surface area contributed by atoms with Gasteiger partial charge in [-0.15, -0.1) is 35.3 Å². The first-order valence-electron chi connectivity index (χ1n) is 7.98. The molecule has 0 saturated carbocycles. The Balaban J connectivity index is 0.00000338. The van der Waals surface area contributed by atoms with Gasteiger partial charge >= 0.3 is 6.18 Å². The minimum absolute atomic E-state index is 0. The molecule has 0 radical (unpaired) electrons. The van der Waals surface area contributed by atoms with E-state index >= 15 is 0 Å². The van der Waals surface area contributed by atoms with E-state index in [1.807, 2.05) is 32.0 Å². The lowest BCUT2D eigenvalue weighted by molar-refractivity contribution is -0.140. The van der Waals surface area contributed by atoms with Crippen molar-refractivity contribution in [2.24, 2.45) is 4.99 Å². The summed E-state index contributed by atoms with van der Waals surface area (Å²) in [5.74, 6) is 0.636. The Morgan fingerprint density at radius 1 is 1.27 bits per heavy atom. The van der Waals surface area contributed by atoms with Gasteiger partial charge in [0.1, 0.15) is 0 Å². The lowest BCUT2D eigenvalue weighted by Gasteiger charge is -2.10. The van der Waals surface area contributed by atoms with E-state index in [4.69, 9.17) is 0 Å². The molecular formula is C17H22F3IN4S. The average molecular weight is 498 g/mol. The number of rotatable bonds is 6. The van der Waals surface area contributed by atoms with Crippen molar-refractivity contribution in [2.75, 3.05) is 13.1 Å². The molecule has 0 aliphatic heterocycles. The largest absolute Gasteiger partial charge is 0.434 e. The predicted octanol–water partition coefficient (Wildman–Crippen LogP) is 4.39. The van der Waals surface area contributed by atoms with Crippen molar-refractivity contribution in [1.82, 2.24) is 15.6 Å². The summed E-state index contributed by atoms with van der Waals surface area (Å²) in [4.78, 5) is 8.12. The highest BCUT2D eigenvalue weighted by Crippen LogP contribution is 2.29. The number of aromatic nitrogens is 1. The molecule has 1 heterocycles. The average Bonchev–Trinajstić information content (AvgIpc) is 3.02. The number of alkyl halides is 3. The van der Waals surface area contributed by atoms with Crippen molar-refractivity contribution in [3.8, 4) is 0 Å². The molecule has 2 aromatic rings. The van der Waals surface area contributed by atoms with E-state index < -0.39 is 11.9 Å². The van der Waals surface area contributed by atoms with Gasteiger partial charge in [0, 0.05) is 24.9 Å². The van der Waals surface area contributed by atoms with Crippen molar-refractivity contribution in [1.29, 1.82) is 0 Å². The molecule has 0 spiro atoms. The SMILES string of the molecule is CCNC(=NCc1cccc(C)c1)NCCc1nc(C(F)(F)F)cs1.I. The molecule has 0 aliphatic rings. The summed E-state index contributed by atoms with van der Waals surface area (Å²) in [6, 6.07) is 8.09. The molecule has 0 fully saturated rings. The van der Waals surface area contributed by atoms with Gasteiger partial charge in [0.05, 0.1) is 11.6 Å². The zero-order chi connectivity index (χ0) is 18.3. The van der Waals surface area contributed by atoms with Crippen molar-refractivity contribution in [3.05, 3.63) is 51.5 Å². The Morgan fingerprint density at radius 3 is 2.65 bits per heavy atom. The van der Waals surface area contributed by atoms with Gasteiger partial charge in [-0.2, -0.15) is 13.2 Å². The summed E-state index contributed by atoms with van der Waals surface area (Å²) in [6.45, 7) is 5.69. The summed E-state index contributed by atoms with van der Waals surface area (Å²) in [5.41, 5.74) is 1.45. The number of aryl methyl sites for hydroxylation is 1. The number of guanidine groups is 1. The minimum atomic E-state index is -4.38. The van der Waals surface area contributed by atoms with E-state index in [0.717, 1.165) is 22.3 Å². The number of hydrogen-bond acceptors (Lipinski definition) is 3. The third kappa shape index (κ3) is 7.48. The molecular weight excluding hydrogens is 476 g/mol. The van der Waals surface area contributed by atoms with Gasteiger partial charge in [0.2, 0.25) is 0 Å². The number of halogens is 4. The van der Waals surface area contributed by atoms with Crippen LogP contribution >= 0.6 is 35.3 Å². The second-order valence-electron chi connectivity index (χ2n) is 5.49. The van der Waals surface area contributed by atoms with Gasteiger partial charge in [-0.05, 0) is 19.4 Å². The van der Waals surface area contributed by atoms with Crippen LogP contribution in [0.1, 0.15) is 28.8 Å². The first-order valence-corrected chi connectivity index (χ1v) is 8.85. The minimum Gasteiger partial charge on any atom is -0.357 e. The standard InChI is InChI=1S/C17H21F3N4S.HI/c1-3-21-16(23-10-13-6-4-5-12(2)9-13)22-8-7-15-24-14(11-25-15)17(18,19)20;/h4-6,9,11H,3,7-8,10H2,1-2H3,(H2,21,22,23);1H. The Morgan fingerprint density at radius 2 is 2.04 bits per heavy atom. The fourth-order valence-corrected chi connectivity index (χ4v) is 2.97. The Hall–Kier alpha value is -1.36. The van der Waals surface area contributed by atoms with E-state index in [-0.39, 0.29) is 24.0 Å². The highest BCUT2D eigenvalue weighted by atomic mass is 127. The third-order valence-electron chi connectivity index (χ3n) is 3.32. The van der Waals surface area contributed by atoms with Crippen LogP contribution in [0, 0.1) is 6.92 Å². The maximum absolute atomic E-state index is 12.5. The van der Waals surface area contributed by atoms with Crippen LogP contribution in [-0.2, 0) is 19.1 Å².